The molecule has 0 saturated carbocycles. The van der Waals surface area contributed by atoms with E-state index >= 15 is 0 Å². The van der Waals surface area contributed by atoms with Crippen molar-refractivity contribution in [1.82, 2.24) is 14.2 Å². The van der Waals surface area contributed by atoms with Crippen molar-refractivity contribution < 1.29 is 13.2 Å². The minimum atomic E-state index is -3.51. The van der Waals surface area contributed by atoms with Crippen molar-refractivity contribution in [3.63, 3.8) is 0 Å². The van der Waals surface area contributed by atoms with E-state index in [4.69, 9.17) is 0 Å². The number of nitrogens with zero attached hydrogens (tertiary/aromatic N) is 3. The molecular weight excluding hydrogens is 386 g/mol. The zero-order valence-corrected chi connectivity index (χ0v) is 17.4. The van der Waals surface area contributed by atoms with Crippen LogP contribution in [0.25, 0.3) is 0 Å². The van der Waals surface area contributed by atoms with E-state index in [-0.39, 0.29) is 5.91 Å². The van der Waals surface area contributed by atoms with Gasteiger partial charge in [-0.3, -0.25) is 9.78 Å². The monoisotopic (exact) mass is 413 g/mol. The molecule has 1 saturated heterocycles. The highest BCUT2D eigenvalue weighted by atomic mass is 32.2. The molecule has 1 aliphatic carbocycles. The van der Waals surface area contributed by atoms with Crippen LogP contribution in [0.4, 0.5) is 0 Å². The van der Waals surface area contributed by atoms with E-state index in [1.807, 2.05) is 24.3 Å². The van der Waals surface area contributed by atoms with Crippen molar-refractivity contribution in [1.29, 1.82) is 0 Å². The third-order valence-electron chi connectivity index (χ3n) is 5.90. The maximum atomic E-state index is 13.1. The molecule has 0 N–H and O–H groups in total. The lowest BCUT2D eigenvalue weighted by atomic mass is 9.92. The molecule has 0 spiro atoms. The van der Waals surface area contributed by atoms with Crippen LogP contribution in [-0.2, 0) is 34.1 Å². The summed E-state index contributed by atoms with van der Waals surface area (Å²) >= 11 is 0. The van der Waals surface area contributed by atoms with E-state index in [0.29, 0.717) is 43.9 Å². The predicted molar refractivity (Wildman–Crippen MR) is 111 cm³/mol. The first-order valence-electron chi connectivity index (χ1n) is 10.3. The minimum absolute atomic E-state index is 0.0691. The van der Waals surface area contributed by atoms with E-state index in [1.54, 1.807) is 23.4 Å². The molecule has 154 valence electrons. The minimum Gasteiger partial charge on any atom is -0.340 e. The van der Waals surface area contributed by atoms with Crippen molar-refractivity contribution in [2.45, 2.75) is 43.4 Å². The van der Waals surface area contributed by atoms with E-state index in [0.717, 1.165) is 24.8 Å². The number of hydrogen-bond acceptors (Lipinski definition) is 4. The van der Waals surface area contributed by atoms with Crippen LogP contribution in [0.15, 0.2) is 47.6 Å². The Morgan fingerprint density at radius 3 is 2.48 bits per heavy atom. The molecule has 0 atom stereocenters. The second-order valence-corrected chi connectivity index (χ2v) is 9.72. The summed E-state index contributed by atoms with van der Waals surface area (Å²) in [4.78, 5) is 18.7. The number of pyridine rings is 1. The first kappa shape index (κ1) is 20.0. The average molecular weight is 414 g/mol. The average Bonchev–Trinajstić information content (AvgIpc) is 2.78. The molecule has 1 aromatic carbocycles. The van der Waals surface area contributed by atoms with Crippen LogP contribution in [0.1, 0.15) is 36.0 Å². The second kappa shape index (κ2) is 8.63. The Morgan fingerprint density at radius 2 is 1.76 bits per heavy atom. The van der Waals surface area contributed by atoms with Crippen LogP contribution in [0.2, 0.25) is 0 Å². The third-order valence-corrected chi connectivity index (χ3v) is 7.79. The van der Waals surface area contributed by atoms with Gasteiger partial charge in [0.1, 0.15) is 0 Å². The Labute approximate surface area is 172 Å². The summed E-state index contributed by atoms with van der Waals surface area (Å²) < 4.78 is 27.7. The molecule has 29 heavy (non-hydrogen) atoms. The number of fused-ring (bicyclic) bond motifs is 1. The topological polar surface area (TPSA) is 70.6 Å². The van der Waals surface area contributed by atoms with Gasteiger partial charge in [0.25, 0.3) is 0 Å². The zero-order chi connectivity index (χ0) is 20.3. The van der Waals surface area contributed by atoms with Gasteiger partial charge in [0, 0.05) is 45.0 Å². The quantitative estimate of drug-likeness (QED) is 0.755. The maximum Gasteiger partial charge on any atom is 0.243 e. The first-order chi connectivity index (χ1) is 14.0. The number of aryl methyl sites for hydroxylation is 3. The second-order valence-electron chi connectivity index (χ2n) is 7.78. The van der Waals surface area contributed by atoms with Gasteiger partial charge in [0.2, 0.25) is 15.9 Å². The summed E-state index contributed by atoms with van der Waals surface area (Å²) in [6.45, 7) is 1.57. The lowest BCUT2D eigenvalue weighted by Crippen LogP contribution is -2.50. The molecule has 0 radical (unpaired) electrons. The molecule has 1 fully saturated rings. The van der Waals surface area contributed by atoms with E-state index in [9.17, 15) is 13.2 Å². The third kappa shape index (κ3) is 4.51. The van der Waals surface area contributed by atoms with Crippen molar-refractivity contribution in [2.24, 2.45) is 0 Å². The summed E-state index contributed by atoms with van der Waals surface area (Å²) in [7, 11) is -3.51. The van der Waals surface area contributed by atoms with Crippen molar-refractivity contribution in [3.05, 3.63) is 59.4 Å². The molecule has 7 heteroatoms. The Balaban J connectivity index is 1.35. The fourth-order valence-electron chi connectivity index (χ4n) is 4.15. The van der Waals surface area contributed by atoms with Crippen molar-refractivity contribution >= 4 is 15.9 Å². The molecule has 0 unspecified atom stereocenters. The van der Waals surface area contributed by atoms with Gasteiger partial charge in [-0.05, 0) is 67.0 Å². The van der Waals surface area contributed by atoms with Gasteiger partial charge >= 0.3 is 0 Å². The Morgan fingerprint density at radius 1 is 1.00 bits per heavy atom. The molecule has 2 heterocycles. The molecule has 1 aromatic heterocycles. The lowest BCUT2D eigenvalue weighted by Gasteiger charge is -2.34. The standard InChI is InChI=1S/C22H27N3O3S/c26-22(10-7-18-4-3-11-23-17-18)24-12-14-25(15-13-24)29(27,28)21-9-8-19-5-1-2-6-20(19)16-21/h3-4,8-9,11,16-17H,1-2,5-7,10,12-15H2. The first-order valence-corrected chi connectivity index (χ1v) is 11.8. The molecule has 0 bridgehead atoms. The number of sulfonamides is 1. The lowest BCUT2D eigenvalue weighted by molar-refractivity contribution is -0.132. The number of carbonyl (C=O) groups is 1. The van der Waals surface area contributed by atoms with Gasteiger partial charge in [0.05, 0.1) is 4.90 Å². The maximum absolute atomic E-state index is 13.1. The van der Waals surface area contributed by atoms with Crippen LogP contribution >= 0.6 is 0 Å². The molecule has 1 amide bonds. The van der Waals surface area contributed by atoms with Crippen LogP contribution in [0.3, 0.4) is 0 Å². The smallest absolute Gasteiger partial charge is 0.243 e. The van der Waals surface area contributed by atoms with Crippen LogP contribution < -0.4 is 0 Å². The number of rotatable bonds is 5. The van der Waals surface area contributed by atoms with Gasteiger partial charge < -0.3 is 4.90 Å². The van der Waals surface area contributed by atoms with Gasteiger partial charge in [-0.25, -0.2) is 8.42 Å². The molecule has 2 aliphatic rings. The molecule has 2 aromatic rings. The molecule has 1 aliphatic heterocycles. The number of carbonyl (C=O) groups excluding carboxylic acids is 1. The number of hydrogen-bond donors (Lipinski definition) is 0. The van der Waals surface area contributed by atoms with Gasteiger partial charge in [-0.1, -0.05) is 12.1 Å². The largest absolute Gasteiger partial charge is 0.340 e. The summed E-state index contributed by atoms with van der Waals surface area (Å²) in [5.74, 6) is 0.0691. The Hall–Kier alpha value is -2.25. The van der Waals surface area contributed by atoms with Crippen LogP contribution in [0.5, 0.6) is 0 Å². The van der Waals surface area contributed by atoms with Gasteiger partial charge in [0.15, 0.2) is 0 Å². The fourth-order valence-corrected chi connectivity index (χ4v) is 5.63. The normalized spacial score (nSPS) is 17.7. The number of amides is 1. The number of aromatic nitrogens is 1. The summed E-state index contributed by atoms with van der Waals surface area (Å²) in [5.41, 5.74) is 3.48. The van der Waals surface area contributed by atoms with E-state index in [2.05, 4.69) is 4.98 Å². The summed E-state index contributed by atoms with van der Waals surface area (Å²) in [6.07, 6.45) is 8.85. The summed E-state index contributed by atoms with van der Waals surface area (Å²) in [6, 6.07) is 9.40. The number of piperazine rings is 1. The van der Waals surface area contributed by atoms with Crippen LogP contribution in [0, 0.1) is 0 Å². The van der Waals surface area contributed by atoms with Gasteiger partial charge in [-0.15, -0.1) is 0 Å². The Kier molecular flexibility index (Phi) is 5.96. The van der Waals surface area contributed by atoms with Crippen molar-refractivity contribution in [3.8, 4) is 0 Å². The highest BCUT2D eigenvalue weighted by molar-refractivity contribution is 7.89. The number of benzene rings is 1. The Bertz CT molecular complexity index is 968. The van der Waals surface area contributed by atoms with E-state index < -0.39 is 10.0 Å². The fraction of sp³-hybridized carbons (Fsp3) is 0.455. The highest BCUT2D eigenvalue weighted by Crippen LogP contribution is 2.26. The molecule has 4 rings (SSSR count). The van der Waals surface area contributed by atoms with Gasteiger partial charge in [-0.2, -0.15) is 4.31 Å². The predicted octanol–water partition coefficient (Wildman–Crippen LogP) is 2.43. The zero-order valence-electron chi connectivity index (χ0n) is 16.6. The van der Waals surface area contributed by atoms with Crippen LogP contribution in [-0.4, -0.2) is 54.7 Å². The molecule has 6 nitrogen and oxygen atoms in total. The van der Waals surface area contributed by atoms with E-state index in [1.165, 1.54) is 21.9 Å². The SMILES string of the molecule is O=C(CCc1cccnc1)N1CCN(S(=O)(=O)c2ccc3c(c2)CCCC3)CC1. The summed E-state index contributed by atoms with van der Waals surface area (Å²) in [5, 5.41) is 0. The molecular formula is C22H27N3O3S. The van der Waals surface area contributed by atoms with Crippen molar-refractivity contribution in [2.75, 3.05) is 26.2 Å². The highest BCUT2D eigenvalue weighted by Gasteiger charge is 2.30.